The Balaban J connectivity index is 1.92. The van der Waals surface area contributed by atoms with Crippen molar-refractivity contribution < 1.29 is 5.11 Å². The Hall–Kier alpha value is -0.420. The topological polar surface area (TPSA) is 35.5 Å². The van der Waals surface area contributed by atoms with Gasteiger partial charge >= 0.3 is 0 Å². The van der Waals surface area contributed by atoms with E-state index in [2.05, 4.69) is 50.4 Å². The zero-order chi connectivity index (χ0) is 13.7. The second-order valence-electron chi connectivity index (χ2n) is 5.20. The minimum atomic E-state index is 0.293. The van der Waals surface area contributed by atoms with Crippen LogP contribution in [0.2, 0.25) is 0 Å². The maximum atomic E-state index is 9.35. The van der Waals surface area contributed by atoms with Gasteiger partial charge in [-0.3, -0.25) is 4.90 Å². The predicted molar refractivity (Wildman–Crippen MR) is 82.2 cm³/mol. The van der Waals surface area contributed by atoms with Crippen molar-refractivity contribution in [1.29, 1.82) is 0 Å². The summed E-state index contributed by atoms with van der Waals surface area (Å²) in [6, 6.07) is 9.22. The minimum Gasteiger partial charge on any atom is -0.395 e. The van der Waals surface area contributed by atoms with Crippen molar-refractivity contribution in [3.63, 3.8) is 0 Å². The normalized spacial score (nSPS) is 21.7. The number of nitrogens with one attached hydrogen (secondary N) is 1. The molecule has 3 nitrogen and oxygen atoms in total. The van der Waals surface area contributed by atoms with Gasteiger partial charge in [-0.25, -0.2) is 0 Å². The molecule has 2 unspecified atom stereocenters. The number of aliphatic hydroxyl groups is 1. The van der Waals surface area contributed by atoms with Crippen LogP contribution < -0.4 is 5.32 Å². The van der Waals surface area contributed by atoms with Gasteiger partial charge in [0.1, 0.15) is 0 Å². The van der Waals surface area contributed by atoms with Crippen LogP contribution in [-0.2, 0) is 0 Å². The van der Waals surface area contributed by atoms with Crippen molar-refractivity contribution in [2.24, 2.45) is 0 Å². The van der Waals surface area contributed by atoms with Crippen LogP contribution in [0, 0.1) is 0 Å². The Morgan fingerprint density at radius 2 is 2.37 bits per heavy atom. The summed E-state index contributed by atoms with van der Waals surface area (Å²) in [6.45, 7) is 2.46. The molecule has 0 amide bonds. The predicted octanol–water partition coefficient (Wildman–Crippen LogP) is 2.56. The standard InChI is InChI=1S/C15H23BrN2O/c1-17-15(12-4-2-5-13(16)10-12)7-9-18-8-3-6-14(18)11-19/h2,4-5,10,14-15,17,19H,3,6-9,11H2,1H3. The Morgan fingerprint density at radius 1 is 1.53 bits per heavy atom. The molecule has 2 atom stereocenters. The van der Waals surface area contributed by atoms with E-state index in [4.69, 9.17) is 0 Å². The lowest BCUT2D eigenvalue weighted by Gasteiger charge is -2.25. The van der Waals surface area contributed by atoms with E-state index < -0.39 is 0 Å². The molecule has 1 fully saturated rings. The summed E-state index contributed by atoms with van der Waals surface area (Å²) in [6.07, 6.45) is 3.42. The average molecular weight is 327 g/mol. The largest absolute Gasteiger partial charge is 0.395 e. The van der Waals surface area contributed by atoms with Gasteiger partial charge in [-0.2, -0.15) is 0 Å². The molecule has 19 heavy (non-hydrogen) atoms. The zero-order valence-electron chi connectivity index (χ0n) is 11.5. The van der Waals surface area contributed by atoms with Gasteiger partial charge in [0.05, 0.1) is 6.61 Å². The van der Waals surface area contributed by atoms with E-state index in [0.29, 0.717) is 18.7 Å². The fourth-order valence-corrected chi connectivity index (χ4v) is 3.31. The first-order valence-corrected chi connectivity index (χ1v) is 7.81. The van der Waals surface area contributed by atoms with Crippen LogP contribution >= 0.6 is 15.9 Å². The second-order valence-corrected chi connectivity index (χ2v) is 6.12. The Kier molecular flexibility index (Phi) is 5.82. The number of hydrogen-bond donors (Lipinski definition) is 2. The number of rotatable bonds is 6. The molecule has 0 spiro atoms. The molecule has 2 N–H and O–H groups in total. The molecule has 0 saturated carbocycles. The van der Waals surface area contributed by atoms with Crippen LogP contribution in [0.15, 0.2) is 28.7 Å². The van der Waals surface area contributed by atoms with E-state index in [1.165, 1.54) is 12.0 Å². The van der Waals surface area contributed by atoms with Gasteiger partial charge in [-0.1, -0.05) is 28.1 Å². The van der Waals surface area contributed by atoms with Gasteiger partial charge in [0.25, 0.3) is 0 Å². The second kappa shape index (κ2) is 7.39. The number of nitrogens with zero attached hydrogens (tertiary/aromatic N) is 1. The molecular formula is C15H23BrN2O. The van der Waals surface area contributed by atoms with Crippen LogP contribution in [-0.4, -0.2) is 42.8 Å². The summed E-state index contributed by atoms with van der Waals surface area (Å²) >= 11 is 3.53. The number of halogens is 1. The first-order chi connectivity index (χ1) is 9.24. The van der Waals surface area contributed by atoms with Crippen molar-refractivity contribution >= 4 is 15.9 Å². The molecule has 1 aliphatic rings. The fraction of sp³-hybridized carbons (Fsp3) is 0.600. The molecule has 1 aromatic carbocycles. The first-order valence-electron chi connectivity index (χ1n) is 7.02. The quantitative estimate of drug-likeness (QED) is 0.843. The molecule has 0 radical (unpaired) electrons. The van der Waals surface area contributed by atoms with Crippen LogP contribution in [0.4, 0.5) is 0 Å². The highest BCUT2D eigenvalue weighted by Gasteiger charge is 2.24. The highest BCUT2D eigenvalue weighted by Crippen LogP contribution is 2.23. The van der Waals surface area contributed by atoms with E-state index in [-0.39, 0.29) is 0 Å². The third kappa shape index (κ3) is 4.02. The van der Waals surface area contributed by atoms with Crippen molar-refractivity contribution in [1.82, 2.24) is 10.2 Å². The summed E-state index contributed by atoms with van der Waals surface area (Å²) in [5, 5.41) is 12.7. The van der Waals surface area contributed by atoms with E-state index in [9.17, 15) is 5.11 Å². The van der Waals surface area contributed by atoms with Crippen molar-refractivity contribution in [2.75, 3.05) is 26.7 Å². The summed E-state index contributed by atoms with van der Waals surface area (Å²) in [7, 11) is 2.01. The molecule has 0 aliphatic carbocycles. The highest BCUT2D eigenvalue weighted by molar-refractivity contribution is 9.10. The van der Waals surface area contributed by atoms with Crippen molar-refractivity contribution in [3.05, 3.63) is 34.3 Å². The molecular weight excluding hydrogens is 304 g/mol. The summed E-state index contributed by atoms with van der Waals surface area (Å²) < 4.78 is 1.12. The number of aliphatic hydroxyl groups excluding tert-OH is 1. The van der Waals surface area contributed by atoms with Gasteiger partial charge in [-0.15, -0.1) is 0 Å². The van der Waals surface area contributed by atoms with Crippen molar-refractivity contribution in [2.45, 2.75) is 31.3 Å². The maximum Gasteiger partial charge on any atom is 0.0586 e. The third-order valence-corrected chi connectivity index (χ3v) is 4.51. The minimum absolute atomic E-state index is 0.293. The summed E-state index contributed by atoms with van der Waals surface area (Å²) in [4.78, 5) is 2.42. The molecule has 106 valence electrons. The SMILES string of the molecule is CNC(CCN1CCCC1CO)c1cccc(Br)c1. The fourth-order valence-electron chi connectivity index (χ4n) is 2.89. The lowest BCUT2D eigenvalue weighted by Crippen LogP contribution is -2.34. The molecule has 1 saturated heterocycles. The highest BCUT2D eigenvalue weighted by atomic mass is 79.9. The zero-order valence-corrected chi connectivity index (χ0v) is 13.1. The van der Waals surface area contributed by atoms with Crippen molar-refractivity contribution in [3.8, 4) is 0 Å². The lowest BCUT2D eigenvalue weighted by molar-refractivity contribution is 0.154. The van der Waals surface area contributed by atoms with E-state index >= 15 is 0 Å². The number of hydrogen-bond acceptors (Lipinski definition) is 3. The molecule has 0 aromatic heterocycles. The molecule has 1 aromatic rings. The smallest absolute Gasteiger partial charge is 0.0586 e. The van der Waals surface area contributed by atoms with Crippen LogP contribution in [0.25, 0.3) is 0 Å². The Morgan fingerprint density at radius 3 is 3.05 bits per heavy atom. The monoisotopic (exact) mass is 326 g/mol. The summed E-state index contributed by atoms with van der Waals surface area (Å²) in [5.74, 6) is 0. The van der Waals surface area contributed by atoms with Crippen LogP contribution in [0.3, 0.4) is 0 Å². The van der Waals surface area contributed by atoms with Gasteiger partial charge in [0, 0.05) is 23.1 Å². The molecule has 2 rings (SSSR count). The van der Waals surface area contributed by atoms with Crippen LogP contribution in [0.5, 0.6) is 0 Å². The maximum absolute atomic E-state index is 9.35. The third-order valence-electron chi connectivity index (χ3n) is 4.01. The first kappa shape index (κ1) is 15.0. The average Bonchev–Trinajstić information content (AvgIpc) is 2.87. The van der Waals surface area contributed by atoms with E-state index in [1.54, 1.807) is 0 Å². The van der Waals surface area contributed by atoms with E-state index in [0.717, 1.165) is 30.4 Å². The lowest BCUT2D eigenvalue weighted by atomic mass is 10.0. The van der Waals surface area contributed by atoms with Gasteiger partial charge in [0.15, 0.2) is 0 Å². The van der Waals surface area contributed by atoms with E-state index in [1.807, 2.05) is 7.05 Å². The number of benzene rings is 1. The molecule has 0 bridgehead atoms. The van der Waals surface area contributed by atoms with Gasteiger partial charge in [-0.05, 0) is 50.6 Å². The van der Waals surface area contributed by atoms with Gasteiger partial charge in [0.2, 0.25) is 0 Å². The van der Waals surface area contributed by atoms with Gasteiger partial charge < -0.3 is 10.4 Å². The Bertz CT molecular complexity index is 399. The number of likely N-dealkylation sites (tertiary alicyclic amines) is 1. The molecule has 4 heteroatoms. The van der Waals surface area contributed by atoms with Crippen LogP contribution in [0.1, 0.15) is 30.9 Å². The Labute approximate surface area is 124 Å². The molecule has 1 heterocycles. The summed E-state index contributed by atoms with van der Waals surface area (Å²) in [5.41, 5.74) is 1.32. The molecule has 1 aliphatic heterocycles.